The fourth-order valence-electron chi connectivity index (χ4n) is 5.13. The molecule has 2 saturated carbocycles. The van der Waals surface area contributed by atoms with Crippen LogP contribution < -0.4 is 21.7 Å². The van der Waals surface area contributed by atoms with E-state index in [0.717, 1.165) is 31.2 Å². The largest absolute Gasteiger partial charge is 0.366 e. The van der Waals surface area contributed by atoms with Gasteiger partial charge in [0.05, 0.1) is 11.4 Å². The van der Waals surface area contributed by atoms with Gasteiger partial charge in [0.1, 0.15) is 0 Å². The molecule has 0 bridgehead atoms. The molecular weight excluding hydrogens is 352 g/mol. The van der Waals surface area contributed by atoms with Gasteiger partial charge in [0.15, 0.2) is 0 Å². The molecule has 2 aliphatic carbocycles. The summed E-state index contributed by atoms with van der Waals surface area (Å²) in [6.45, 7) is 0. The molecular formula is C22H31N4O2. The molecule has 1 aliphatic heterocycles. The predicted molar refractivity (Wildman–Crippen MR) is 110 cm³/mol. The van der Waals surface area contributed by atoms with Crippen LogP contribution in [0.15, 0.2) is 12.1 Å². The number of carbonyl (C=O) groups excluding carboxylic acids is 2. The highest BCUT2D eigenvalue weighted by molar-refractivity contribution is 6.05. The molecule has 3 amide bonds. The van der Waals surface area contributed by atoms with Crippen LogP contribution in [0.5, 0.6) is 0 Å². The summed E-state index contributed by atoms with van der Waals surface area (Å²) in [5, 5.41) is 10.6. The summed E-state index contributed by atoms with van der Waals surface area (Å²) < 4.78 is 0. The first-order valence-corrected chi connectivity index (χ1v) is 10.9. The number of nitrogens with zero attached hydrogens (tertiary/aromatic N) is 1. The third-order valence-electron chi connectivity index (χ3n) is 6.64. The monoisotopic (exact) mass is 383 g/mol. The molecule has 4 N–H and O–H groups in total. The number of amides is 3. The Morgan fingerprint density at radius 2 is 1.61 bits per heavy atom. The van der Waals surface area contributed by atoms with Crippen molar-refractivity contribution in [1.82, 2.24) is 10.6 Å². The molecule has 0 atom stereocenters. The van der Waals surface area contributed by atoms with Gasteiger partial charge in [-0.05, 0) is 62.1 Å². The second-order valence-electron chi connectivity index (χ2n) is 8.62. The molecule has 1 heterocycles. The summed E-state index contributed by atoms with van der Waals surface area (Å²) in [5.41, 5.74) is 8.32. The minimum Gasteiger partial charge on any atom is -0.366 e. The lowest BCUT2D eigenvalue weighted by molar-refractivity contribution is 0.0998. The first-order chi connectivity index (χ1) is 13.6. The Labute approximate surface area is 167 Å². The number of hydrogen-bond donors (Lipinski definition) is 3. The van der Waals surface area contributed by atoms with Crippen molar-refractivity contribution in [3.05, 3.63) is 23.3 Å². The van der Waals surface area contributed by atoms with E-state index in [2.05, 4.69) is 16.0 Å². The fraction of sp³-hybridized carbons (Fsp3) is 0.636. The lowest BCUT2D eigenvalue weighted by Crippen LogP contribution is -2.40. The van der Waals surface area contributed by atoms with Crippen molar-refractivity contribution in [3.63, 3.8) is 0 Å². The first kappa shape index (κ1) is 19.2. The van der Waals surface area contributed by atoms with Crippen LogP contribution in [-0.4, -0.2) is 24.0 Å². The quantitative estimate of drug-likeness (QED) is 0.723. The van der Waals surface area contributed by atoms with Gasteiger partial charge in [0.25, 0.3) is 0 Å². The topological polar surface area (TPSA) is 98.3 Å². The van der Waals surface area contributed by atoms with E-state index in [0.29, 0.717) is 34.9 Å². The van der Waals surface area contributed by atoms with Crippen molar-refractivity contribution >= 4 is 23.3 Å². The maximum Gasteiger partial charge on any atom is 0.346 e. The van der Waals surface area contributed by atoms with Crippen molar-refractivity contribution in [2.45, 2.75) is 88.6 Å². The van der Waals surface area contributed by atoms with Crippen molar-refractivity contribution in [1.29, 1.82) is 0 Å². The Hall–Kier alpha value is -2.08. The molecule has 1 aromatic carbocycles. The maximum atomic E-state index is 12.0. The number of carbonyl (C=O) groups is 2. The Morgan fingerprint density at radius 3 is 2.29 bits per heavy atom. The molecule has 0 spiro atoms. The molecule has 0 aromatic heterocycles. The summed E-state index contributed by atoms with van der Waals surface area (Å²) >= 11 is 0. The molecule has 6 heteroatoms. The zero-order valence-corrected chi connectivity index (χ0v) is 16.5. The van der Waals surface area contributed by atoms with Crippen LogP contribution >= 0.6 is 0 Å². The Bertz CT molecular complexity index is 732. The van der Waals surface area contributed by atoms with Crippen molar-refractivity contribution in [2.75, 3.05) is 5.32 Å². The Morgan fingerprint density at radius 1 is 0.964 bits per heavy atom. The molecule has 151 valence electrons. The number of benzene rings is 1. The van der Waals surface area contributed by atoms with Gasteiger partial charge in [-0.1, -0.05) is 32.1 Å². The molecule has 1 aromatic rings. The van der Waals surface area contributed by atoms with Crippen LogP contribution in [0.1, 0.15) is 92.5 Å². The van der Waals surface area contributed by atoms with Gasteiger partial charge >= 0.3 is 6.03 Å². The molecule has 3 aliphatic rings. The van der Waals surface area contributed by atoms with E-state index in [-0.39, 0.29) is 6.03 Å². The van der Waals surface area contributed by atoms with Crippen LogP contribution in [0.3, 0.4) is 0 Å². The van der Waals surface area contributed by atoms with E-state index in [1.54, 1.807) is 6.07 Å². The van der Waals surface area contributed by atoms with Gasteiger partial charge in [-0.15, -0.1) is 0 Å². The highest BCUT2D eigenvalue weighted by Crippen LogP contribution is 2.40. The molecule has 0 unspecified atom stereocenters. The number of nitrogens with two attached hydrogens (primary N) is 1. The SMILES string of the molecule is NC(=O)c1cc2c(cc1C1CCC(NC3CCCCCCC3)CC1)NC(=O)[N]2. The summed E-state index contributed by atoms with van der Waals surface area (Å²) in [6.07, 6.45) is 13.8. The standard InChI is InChI=1S/C22H31N4O2/c23-21(27)18-13-20-19(25-22(28)26-20)12-17(18)14-8-10-16(11-9-14)24-15-6-4-2-1-3-5-7-15/h12-16,24H,1-11H2,(H2,23,27)(H,25,28). The van der Waals surface area contributed by atoms with Gasteiger partial charge in [0, 0.05) is 17.6 Å². The van der Waals surface area contributed by atoms with Crippen molar-refractivity contribution in [3.8, 4) is 0 Å². The Kier molecular flexibility index (Phi) is 5.85. The third-order valence-corrected chi connectivity index (χ3v) is 6.64. The number of fused-ring (bicyclic) bond motifs is 1. The molecule has 28 heavy (non-hydrogen) atoms. The second kappa shape index (κ2) is 8.52. The number of nitrogens with one attached hydrogen (secondary N) is 2. The van der Waals surface area contributed by atoms with E-state index in [4.69, 9.17) is 5.73 Å². The van der Waals surface area contributed by atoms with E-state index in [1.807, 2.05) is 6.07 Å². The molecule has 4 rings (SSSR count). The van der Waals surface area contributed by atoms with Gasteiger partial charge in [-0.25, -0.2) is 4.79 Å². The normalized spacial score (nSPS) is 25.9. The van der Waals surface area contributed by atoms with Crippen LogP contribution in [0, 0.1) is 0 Å². The molecule has 1 radical (unpaired) electrons. The van der Waals surface area contributed by atoms with Gasteiger partial charge in [-0.2, -0.15) is 5.32 Å². The van der Waals surface area contributed by atoms with Crippen LogP contribution in [0.25, 0.3) is 0 Å². The number of primary amides is 1. The summed E-state index contributed by atoms with van der Waals surface area (Å²) in [4.78, 5) is 23.5. The minimum atomic E-state index is -0.442. The molecule has 2 fully saturated rings. The number of hydrogen-bond acceptors (Lipinski definition) is 3. The smallest absolute Gasteiger partial charge is 0.346 e. The number of anilines is 1. The lowest BCUT2D eigenvalue weighted by Gasteiger charge is -2.33. The van der Waals surface area contributed by atoms with Crippen LogP contribution in [-0.2, 0) is 0 Å². The summed E-state index contributed by atoms with van der Waals surface area (Å²) in [7, 11) is 0. The summed E-state index contributed by atoms with van der Waals surface area (Å²) in [6, 6.07) is 4.44. The van der Waals surface area contributed by atoms with Gasteiger partial charge < -0.3 is 16.4 Å². The molecule has 0 saturated heterocycles. The summed E-state index contributed by atoms with van der Waals surface area (Å²) in [5.74, 6) is -0.136. The zero-order valence-electron chi connectivity index (χ0n) is 16.5. The number of rotatable bonds is 4. The minimum absolute atomic E-state index is 0.306. The van der Waals surface area contributed by atoms with Crippen molar-refractivity contribution < 1.29 is 9.59 Å². The fourth-order valence-corrected chi connectivity index (χ4v) is 5.13. The maximum absolute atomic E-state index is 12.0. The average Bonchev–Trinajstić information content (AvgIpc) is 3.02. The van der Waals surface area contributed by atoms with E-state index >= 15 is 0 Å². The lowest BCUT2D eigenvalue weighted by atomic mass is 9.79. The van der Waals surface area contributed by atoms with E-state index in [1.165, 1.54) is 44.9 Å². The Balaban J connectivity index is 1.40. The predicted octanol–water partition coefficient (Wildman–Crippen LogP) is 4.30. The highest BCUT2D eigenvalue weighted by atomic mass is 16.2. The third kappa shape index (κ3) is 4.32. The second-order valence-corrected chi connectivity index (χ2v) is 8.62. The molecule has 6 nitrogen and oxygen atoms in total. The number of urea groups is 1. The van der Waals surface area contributed by atoms with Crippen molar-refractivity contribution in [2.24, 2.45) is 5.73 Å². The van der Waals surface area contributed by atoms with Crippen LogP contribution in [0.4, 0.5) is 16.2 Å². The van der Waals surface area contributed by atoms with Crippen LogP contribution in [0.2, 0.25) is 0 Å². The van der Waals surface area contributed by atoms with Gasteiger partial charge in [-0.3, -0.25) is 4.79 Å². The van der Waals surface area contributed by atoms with E-state index < -0.39 is 5.91 Å². The van der Waals surface area contributed by atoms with E-state index in [9.17, 15) is 9.59 Å². The highest BCUT2D eigenvalue weighted by Gasteiger charge is 2.29. The first-order valence-electron chi connectivity index (χ1n) is 10.9. The average molecular weight is 384 g/mol. The van der Waals surface area contributed by atoms with Gasteiger partial charge in [0.2, 0.25) is 5.91 Å². The zero-order chi connectivity index (χ0) is 19.5.